The minimum absolute atomic E-state index is 0.253. The monoisotopic (exact) mass is 375 g/mol. The van der Waals surface area contributed by atoms with Gasteiger partial charge in [0.15, 0.2) is 6.61 Å². The van der Waals surface area contributed by atoms with E-state index in [1.54, 1.807) is 19.1 Å². The third-order valence-corrected chi connectivity index (χ3v) is 3.66. The summed E-state index contributed by atoms with van der Waals surface area (Å²) in [6.45, 7) is 1.11. The zero-order valence-corrected chi connectivity index (χ0v) is 15.0. The molecule has 0 bridgehead atoms. The highest BCUT2D eigenvalue weighted by molar-refractivity contribution is 5.97. The summed E-state index contributed by atoms with van der Waals surface area (Å²) in [6.07, 6.45) is 0. The Labute approximate surface area is 155 Å². The molecule has 0 aromatic heterocycles. The molecule has 27 heavy (non-hydrogen) atoms. The molecule has 142 valence electrons. The topological polar surface area (TPSA) is 90.9 Å². The number of aryl methyl sites for hydroxylation is 1. The van der Waals surface area contributed by atoms with Gasteiger partial charge in [-0.25, -0.2) is 14.0 Å². The van der Waals surface area contributed by atoms with Crippen molar-refractivity contribution in [3.63, 3.8) is 0 Å². The fraction of sp³-hybridized carbons (Fsp3) is 0.211. The number of methoxy groups -OCH3 is 2. The minimum Gasteiger partial charge on any atom is -0.497 e. The van der Waals surface area contributed by atoms with Gasteiger partial charge in [-0.05, 0) is 36.8 Å². The van der Waals surface area contributed by atoms with Crippen molar-refractivity contribution < 1.29 is 33.0 Å². The smallest absolute Gasteiger partial charge is 0.341 e. The van der Waals surface area contributed by atoms with Gasteiger partial charge in [0.05, 0.1) is 25.3 Å². The molecule has 8 heteroatoms. The number of amides is 1. The maximum atomic E-state index is 13.8. The Bertz CT molecular complexity index is 880. The molecule has 0 aliphatic carbocycles. The molecule has 2 aromatic carbocycles. The Morgan fingerprint density at radius 3 is 2.41 bits per heavy atom. The highest BCUT2D eigenvalue weighted by atomic mass is 19.1. The lowest BCUT2D eigenvalue weighted by Gasteiger charge is -2.11. The SMILES string of the molecule is COC(=O)c1ccc(C)c(NC(=O)COC(=O)c2ccc(OC)cc2F)c1. The van der Waals surface area contributed by atoms with Crippen LogP contribution < -0.4 is 10.1 Å². The first kappa shape index (κ1) is 19.9. The quantitative estimate of drug-likeness (QED) is 0.781. The van der Waals surface area contributed by atoms with E-state index in [-0.39, 0.29) is 16.9 Å². The number of esters is 2. The number of rotatable bonds is 6. The van der Waals surface area contributed by atoms with Crippen LogP contribution in [0, 0.1) is 12.7 Å². The molecule has 0 spiro atoms. The maximum Gasteiger partial charge on any atom is 0.341 e. The van der Waals surface area contributed by atoms with E-state index in [4.69, 9.17) is 9.47 Å². The van der Waals surface area contributed by atoms with Crippen LogP contribution in [0.2, 0.25) is 0 Å². The van der Waals surface area contributed by atoms with Crippen molar-refractivity contribution in [1.29, 1.82) is 0 Å². The maximum absolute atomic E-state index is 13.8. The van der Waals surface area contributed by atoms with Gasteiger partial charge < -0.3 is 19.5 Å². The van der Waals surface area contributed by atoms with Gasteiger partial charge in [-0.1, -0.05) is 6.07 Å². The molecule has 0 radical (unpaired) electrons. The number of hydrogen-bond acceptors (Lipinski definition) is 6. The van der Waals surface area contributed by atoms with Crippen LogP contribution in [0.1, 0.15) is 26.3 Å². The number of halogens is 1. The first-order valence-electron chi connectivity index (χ1n) is 7.85. The molecule has 1 N–H and O–H groups in total. The van der Waals surface area contributed by atoms with Gasteiger partial charge >= 0.3 is 11.9 Å². The van der Waals surface area contributed by atoms with E-state index in [1.807, 2.05) is 0 Å². The van der Waals surface area contributed by atoms with Crippen LogP contribution in [-0.2, 0) is 14.3 Å². The number of hydrogen-bond donors (Lipinski definition) is 1. The van der Waals surface area contributed by atoms with Crippen LogP contribution in [0.4, 0.5) is 10.1 Å². The van der Waals surface area contributed by atoms with Gasteiger partial charge in [0.1, 0.15) is 11.6 Å². The Kier molecular flexibility index (Phi) is 6.48. The van der Waals surface area contributed by atoms with Crippen LogP contribution in [0.5, 0.6) is 5.75 Å². The number of benzene rings is 2. The molecule has 0 aliphatic rings. The summed E-state index contributed by atoms with van der Waals surface area (Å²) in [7, 11) is 2.62. The highest BCUT2D eigenvalue weighted by Crippen LogP contribution is 2.19. The largest absolute Gasteiger partial charge is 0.497 e. The van der Waals surface area contributed by atoms with Crippen molar-refractivity contribution in [1.82, 2.24) is 0 Å². The molecular weight excluding hydrogens is 357 g/mol. The zero-order chi connectivity index (χ0) is 20.0. The van der Waals surface area contributed by atoms with Gasteiger partial charge in [-0.3, -0.25) is 4.79 Å². The van der Waals surface area contributed by atoms with Crippen LogP contribution in [0.3, 0.4) is 0 Å². The Morgan fingerprint density at radius 1 is 1.04 bits per heavy atom. The lowest BCUT2D eigenvalue weighted by atomic mass is 10.1. The average Bonchev–Trinajstić information content (AvgIpc) is 2.67. The number of carbonyl (C=O) groups is 3. The molecule has 1 amide bonds. The van der Waals surface area contributed by atoms with Gasteiger partial charge in [0, 0.05) is 11.8 Å². The molecule has 0 saturated carbocycles. The van der Waals surface area contributed by atoms with Crippen molar-refractivity contribution >= 4 is 23.5 Å². The highest BCUT2D eigenvalue weighted by Gasteiger charge is 2.16. The molecular formula is C19H18FNO6. The summed E-state index contributed by atoms with van der Waals surface area (Å²) < 4.78 is 28.1. The fourth-order valence-corrected chi connectivity index (χ4v) is 2.18. The van der Waals surface area contributed by atoms with Gasteiger partial charge in [0.25, 0.3) is 5.91 Å². The summed E-state index contributed by atoms with van der Waals surface area (Å²) >= 11 is 0. The van der Waals surface area contributed by atoms with Crippen molar-refractivity contribution in [2.45, 2.75) is 6.92 Å². The second-order valence-electron chi connectivity index (χ2n) is 5.49. The van der Waals surface area contributed by atoms with Crippen molar-refractivity contribution in [2.24, 2.45) is 0 Å². The third-order valence-electron chi connectivity index (χ3n) is 3.66. The number of carbonyl (C=O) groups excluding carboxylic acids is 3. The lowest BCUT2D eigenvalue weighted by molar-refractivity contribution is -0.119. The summed E-state index contributed by atoms with van der Waals surface area (Å²) in [6, 6.07) is 8.30. The van der Waals surface area contributed by atoms with Crippen molar-refractivity contribution in [3.8, 4) is 5.75 Å². The van der Waals surface area contributed by atoms with E-state index in [9.17, 15) is 18.8 Å². The van der Waals surface area contributed by atoms with Gasteiger partial charge in [0.2, 0.25) is 0 Å². The van der Waals surface area contributed by atoms with Gasteiger partial charge in [-0.15, -0.1) is 0 Å². The van der Waals surface area contributed by atoms with Crippen LogP contribution >= 0.6 is 0 Å². The van der Waals surface area contributed by atoms with Crippen LogP contribution in [-0.4, -0.2) is 38.7 Å². The molecule has 0 saturated heterocycles. The summed E-state index contributed by atoms with van der Waals surface area (Å²) in [5.74, 6) is -2.73. The van der Waals surface area contributed by atoms with Crippen LogP contribution in [0.25, 0.3) is 0 Å². The second-order valence-corrected chi connectivity index (χ2v) is 5.49. The lowest BCUT2D eigenvalue weighted by Crippen LogP contribution is -2.22. The second kappa shape index (κ2) is 8.79. The van der Waals surface area contributed by atoms with E-state index >= 15 is 0 Å². The van der Waals surface area contributed by atoms with E-state index in [0.717, 1.165) is 6.07 Å². The predicted molar refractivity (Wildman–Crippen MR) is 94.4 cm³/mol. The van der Waals surface area contributed by atoms with E-state index < -0.39 is 30.3 Å². The summed E-state index contributed by atoms with van der Waals surface area (Å²) in [4.78, 5) is 35.5. The van der Waals surface area contributed by atoms with Gasteiger partial charge in [-0.2, -0.15) is 0 Å². The zero-order valence-electron chi connectivity index (χ0n) is 15.0. The molecule has 7 nitrogen and oxygen atoms in total. The molecule has 0 atom stereocenters. The first-order valence-corrected chi connectivity index (χ1v) is 7.85. The number of nitrogens with one attached hydrogen (secondary N) is 1. The average molecular weight is 375 g/mol. The molecule has 0 aliphatic heterocycles. The van der Waals surface area contributed by atoms with Crippen molar-refractivity contribution in [2.75, 3.05) is 26.1 Å². The van der Waals surface area contributed by atoms with Crippen molar-refractivity contribution in [3.05, 3.63) is 58.9 Å². The predicted octanol–water partition coefficient (Wildman–Crippen LogP) is 2.72. The van der Waals surface area contributed by atoms with E-state index in [1.165, 1.54) is 32.4 Å². The Morgan fingerprint density at radius 2 is 1.78 bits per heavy atom. The first-order chi connectivity index (χ1) is 12.8. The fourth-order valence-electron chi connectivity index (χ4n) is 2.18. The number of anilines is 1. The molecule has 2 aromatic rings. The third kappa shape index (κ3) is 5.04. The standard InChI is InChI=1S/C19H18FNO6/c1-11-4-5-12(18(23)26-3)8-16(11)21-17(22)10-27-19(24)14-7-6-13(25-2)9-15(14)20/h4-9H,10H2,1-3H3,(H,21,22). The minimum atomic E-state index is -0.981. The number of ether oxygens (including phenoxy) is 3. The van der Waals surface area contributed by atoms with E-state index in [2.05, 4.69) is 10.1 Å². The van der Waals surface area contributed by atoms with E-state index in [0.29, 0.717) is 11.3 Å². The Balaban J connectivity index is 2.00. The molecule has 0 fully saturated rings. The van der Waals surface area contributed by atoms with Crippen LogP contribution in [0.15, 0.2) is 36.4 Å². The Hall–Kier alpha value is -3.42. The summed E-state index contributed by atoms with van der Waals surface area (Å²) in [5, 5.41) is 2.53. The molecule has 0 heterocycles. The molecule has 2 rings (SSSR count). The summed E-state index contributed by atoms with van der Waals surface area (Å²) in [5.41, 5.74) is 1.02. The normalized spacial score (nSPS) is 10.1. The molecule has 0 unspecified atom stereocenters.